The third kappa shape index (κ3) is 1.47. The molecule has 1 aromatic rings. The van der Waals surface area contributed by atoms with Crippen LogP contribution in [0, 0.1) is 0 Å². The van der Waals surface area contributed by atoms with Crippen LogP contribution in [0.15, 0.2) is 0 Å². The molecule has 3 heteroatoms. The fraction of sp³-hybridized carbons (Fsp3) is 0.636. The fourth-order valence-electron chi connectivity index (χ4n) is 2.23. The molecule has 0 fully saturated rings. The zero-order valence-corrected chi connectivity index (χ0v) is 8.84. The number of fused-ring (bicyclic) bond motifs is 1. The summed E-state index contributed by atoms with van der Waals surface area (Å²) in [6.45, 7) is 1.60. The standard InChI is InChI=1S/C11H16N2O/c1-8(14)11-9-6-4-3-5-7-10(9)13(2)12-11/h3-7H2,1-2H3. The van der Waals surface area contributed by atoms with Crippen molar-refractivity contribution in [2.24, 2.45) is 7.05 Å². The van der Waals surface area contributed by atoms with Crippen molar-refractivity contribution in [1.29, 1.82) is 0 Å². The fourth-order valence-corrected chi connectivity index (χ4v) is 2.23. The molecule has 1 heterocycles. The molecule has 2 rings (SSSR count). The summed E-state index contributed by atoms with van der Waals surface area (Å²) in [5, 5.41) is 4.30. The molecule has 0 N–H and O–H groups in total. The van der Waals surface area contributed by atoms with Crippen LogP contribution < -0.4 is 0 Å². The Morgan fingerprint density at radius 3 is 2.71 bits per heavy atom. The van der Waals surface area contributed by atoms with Gasteiger partial charge in [-0.1, -0.05) is 6.42 Å². The lowest BCUT2D eigenvalue weighted by Crippen LogP contribution is -1.99. The van der Waals surface area contributed by atoms with Gasteiger partial charge in [0.1, 0.15) is 5.69 Å². The van der Waals surface area contributed by atoms with E-state index in [1.807, 2.05) is 11.7 Å². The smallest absolute Gasteiger partial charge is 0.180 e. The predicted octanol–water partition coefficient (Wildman–Crippen LogP) is 1.89. The Hall–Kier alpha value is -1.12. The molecule has 0 atom stereocenters. The van der Waals surface area contributed by atoms with E-state index in [1.54, 1.807) is 6.92 Å². The summed E-state index contributed by atoms with van der Waals surface area (Å²) in [4.78, 5) is 11.4. The number of nitrogens with zero attached hydrogens (tertiary/aromatic N) is 2. The topological polar surface area (TPSA) is 34.9 Å². The highest BCUT2D eigenvalue weighted by Gasteiger charge is 2.20. The summed E-state index contributed by atoms with van der Waals surface area (Å²) in [5.41, 5.74) is 3.18. The van der Waals surface area contributed by atoms with Gasteiger partial charge < -0.3 is 0 Å². The maximum Gasteiger partial charge on any atom is 0.180 e. The minimum atomic E-state index is 0.101. The molecule has 0 aromatic carbocycles. The maximum absolute atomic E-state index is 11.4. The van der Waals surface area contributed by atoms with Gasteiger partial charge in [0.05, 0.1) is 0 Å². The Kier molecular flexibility index (Phi) is 2.40. The van der Waals surface area contributed by atoms with Crippen molar-refractivity contribution in [3.8, 4) is 0 Å². The number of aryl methyl sites for hydroxylation is 1. The van der Waals surface area contributed by atoms with Crippen molar-refractivity contribution < 1.29 is 4.79 Å². The van der Waals surface area contributed by atoms with Crippen molar-refractivity contribution in [1.82, 2.24) is 9.78 Å². The van der Waals surface area contributed by atoms with Gasteiger partial charge in [0.15, 0.2) is 5.78 Å². The average molecular weight is 192 g/mol. The molecule has 1 aromatic heterocycles. The van der Waals surface area contributed by atoms with Crippen LogP contribution in [0.1, 0.15) is 47.9 Å². The first-order valence-electron chi connectivity index (χ1n) is 5.26. The van der Waals surface area contributed by atoms with E-state index in [2.05, 4.69) is 5.10 Å². The predicted molar refractivity (Wildman–Crippen MR) is 54.5 cm³/mol. The quantitative estimate of drug-likeness (QED) is 0.503. The molecule has 1 aliphatic rings. The lowest BCUT2D eigenvalue weighted by molar-refractivity contribution is 0.101. The number of carbonyl (C=O) groups excluding carboxylic acids is 1. The van der Waals surface area contributed by atoms with Crippen LogP contribution in [0.25, 0.3) is 0 Å². The van der Waals surface area contributed by atoms with E-state index < -0.39 is 0 Å². The maximum atomic E-state index is 11.4. The van der Waals surface area contributed by atoms with E-state index in [0.717, 1.165) is 12.8 Å². The molecule has 3 nitrogen and oxygen atoms in total. The number of ketones is 1. The molecule has 0 radical (unpaired) electrons. The van der Waals surface area contributed by atoms with E-state index in [4.69, 9.17) is 0 Å². The molecule has 0 saturated carbocycles. The van der Waals surface area contributed by atoms with Gasteiger partial charge in [-0.15, -0.1) is 0 Å². The van der Waals surface area contributed by atoms with Gasteiger partial charge >= 0.3 is 0 Å². The Bertz CT molecular complexity index is 366. The van der Waals surface area contributed by atoms with E-state index in [1.165, 1.54) is 30.5 Å². The summed E-state index contributed by atoms with van der Waals surface area (Å²) in [5.74, 6) is 0.101. The average Bonchev–Trinajstić information content (AvgIpc) is 2.38. The molecular weight excluding hydrogens is 176 g/mol. The number of hydrogen-bond acceptors (Lipinski definition) is 2. The van der Waals surface area contributed by atoms with E-state index >= 15 is 0 Å². The van der Waals surface area contributed by atoms with Gasteiger partial charge in [-0.25, -0.2) is 0 Å². The highest BCUT2D eigenvalue weighted by Crippen LogP contribution is 2.23. The van der Waals surface area contributed by atoms with E-state index in [-0.39, 0.29) is 5.78 Å². The molecule has 0 saturated heterocycles. The molecule has 0 bridgehead atoms. The molecule has 76 valence electrons. The summed E-state index contributed by atoms with van der Waals surface area (Å²) < 4.78 is 1.89. The first kappa shape index (κ1) is 9.44. The van der Waals surface area contributed by atoms with Crippen LogP contribution in [0.3, 0.4) is 0 Å². The number of hydrogen-bond donors (Lipinski definition) is 0. The second-order valence-electron chi connectivity index (χ2n) is 4.01. The second-order valence-corrected chi connectivity index (χ2v) is 4.01. The molecule has 14 heavy (non-hydrogen) atoms. The van der Waals surface area contributed by atoms with Gasteiger partial charge in [-0.05, 0) is 25.7 Å². The summed E-state index contributed by atoms with van der Waals surface area (Å²) in [7, 11) is 1.94. The van der Waals surface area contributed by atoms with Crippen molar-refractivity contribution in [2.45, 2.75) is 39.0 Å². The summed E-state index contributed by atoms with van der Waals surface area (Å²) in [6, 6.07) is 0. The molecule has 1 aliphatic carbocycles. The minimum absolute atomic E-state index is 0.101. The van der Waals surface area contributed by atoms with Crippen LogP contribution in [-0.2, 0) is 19.9 Å². The molecule has 0 unspecified atom stereocenters. The normalized spacial score (nSPS) is 16.1. The first-order chi connectivity index (χ1) is 6.70. The molecule has 0 aliphatic heterocycles. The van der Waals surface area contributed by atoms with Crippen LogP contribution in [-0.4, -0.2) is 15.6 Å². The Morgan fingerprint density at radius 1 is 1.29 bits per heavy atom. The number of rotatable bonds is 1. The van der Waals surface area contributed by atoms with Crippen molar-refractivity contribution in [3.63, 3.8) is 0 Å². The Labute approximate surface area is 84.1 Å². The van der Waals surface area contributed by atoms with Crippen LogP contribution in [0.2, 0.25) is 0 Å². The van der Waals surface area contributed by atoms with Crippen molar-refractivity contribution >= 4 is 5.78 Å². The summed E-state index contributed by atoms with van der Waals surface area (Å²) >= 11 is 0. The van der Waals surface area contributed by atoms with Crippen molar-refractivity contribution in [2.75, 3.05) is 0 Å². The second kappa shape index (κ2) is 3.56. The molecule has 0 spiro atoms. The van der Waals surface area contributed by atoms with Crippen LogP contribution in [0.5, 0.6) is 0 Å². The number of Topliss-reactive ketones (excluding diaryl/α,β-unsaturated/α-hetero) is 1. The third-order valence-corrected chi connectivity index (χ3v) is 2.95. The van der Waals surface area contributed by atoms with Crippen LogP contribution in [0.4, 0.5) is 0 Å². The lowest BCUT2D eigenvalue weighted by atomic mass is 10.1. The van der Waals surface area contributed by atoms with Gasteiger partial charge in [-0.3, -0.25) is 9.48 Å². The minimum Gasteiger partial charge on any atom is -0.293 e. The Balaban J connectivity index is 2.49. The monoisotopic (exact) mass is 192 g/mol. The van der Waals surface area contributed by atoms with E-state index in [9.17, 15) is 4.79 Å². The van der Waals surface area contributed by atoms with E-state index in [0.29, 0.717) is 5.69 Å². The van der Waals surface area contributed by atoms with Gasteiger partial charge in [0.25, 0.3) is 0 Å². The largest absolute Gasteiger partial charge is 0.293 e. The number of carbonyl (C=O) groups is 1. The van der Waals surface area contributed by atoms with Gasteiger partial charge in [0.2, 0.25) is 0 Å². The third-order valence-electron chi connectivity index (χ3n) is 2.95. The van der Waals surface area contributed by atoms with Gasteiger partial charge in [0, 0.05) is 25.2 Å². The SMILES string of the molecule is CC(=O)c1nn(C)c2c1CCCCC2. The number of aromatic nitrogens is 2. The highest BCUT2D eigenvalue weighted by atomic mass is 16.1. The zero-order chi connectivity index (χ0) is 10.1. The van der Waals surface area contributed by atoms with Gasteiger partial charge in [-0.2, -0.15) is 5.10 Å². The molecular formula is C11H16N2O. The zero-order valence-electron chi connectivity index (χ0n) is 8.84. The lowest BCUT2D eigenvalue weighted by Gasteiger charge is -1.99. The first-order valence-corrected chi connectivity index (χ1v) is 5.26. The van der Waals surface area contributed by atoms with Crippen molar-refractivity contribution in [3.05, 3.63) is 17.0 Å². The highest BCUT2D eigenvalue weighted by molar-refractivity contribution is 5.93. The Morgan fingerprint density at radius 2 is 2.00 bits per heavy atom. The summed E-state index contributed by atoms with van der Waals surface area (Å²) in [6.07, 6.45) is 5.79. The molecule has 0 amide bonds. The van der Waals surface area contributed by atoms with Crippen LogP contribution >= 0.6 is 0 Å².